The molecule has 3 aromatic rings. The lowest BCUT2D eigenvalue weighted by Gasteiger charge is -2.33. The summed E-state index contributed by atoms with van der Waals surface area (Å²) >= 11 is 1.30. The average molecular weight is 394 g/mol. The van der Waals surface area contributed by atoms with Crippen molar-refractivity contribution >= 4 is 17.7 Å². The van der Waals surface area contributed by atoms with Gasteiger partial charge in [0.15, 0.2) is 0 Å². The van der Waals surface area contributed by atoms with E-state index in [9.17, 15) is 4.79 Å². The average Bonchev–Trinajstić information content (AvgIpc) is 3.19. The van der Waals surface area contributed by atoms with E-state index in [1.807, 2.05) is 42.3 Å². The third-order valence-electron chi connectivity index (χ3n) is 5.16. The molecule has 1 atom stereocenters. The summed E-state index contributed by atoms with van der Waals surface area (Å²) in [6, 6.07) is 18.6. The van der Waals surface area contributed by atoms with Crippen LogP contribution in [0.2, 0.25) is 0 Å². The van der Waals surface area contributed by atoms with Crippen molar-refractivity contribution in [3.63, 3.8) is 0 Å². The minimum atomic E-state index is 0.0783. The lowest BCUT2D eigenvalue weighted by molar-refractivity contribution is -0.129. The third kappa shape index (κ3) is 4.28. The maximum atomic E-state index is 12.7. The lowest BCUT2D eigenvalue weighted by Crippen LogP contribution is -2.34. The van der Waals surface area contributed by atoms with E-state index in [0.717, 1.165) is 24.8 Å². The Labute approximate surface area is 169 Å². The highest BCUT2D eigenvalue weighted by Gasteiger charge is 2.26. The molecule has 0 unspecified atom stereocenters. The van der Waals surface area contributed by atoms with E-state index in [2.05, 4.69) is 34.5 Å². The third-order valence-corrected chi connectivity index (χ3v) is 5.97. The zero-order valence-electron chi connectivity index (χ0n) is 15.9. The predicted molar refractivity (Wildman–Crippen MR) is 109 cm³/mol. The number of carbonyl (C=O) groups is 1. The first-order valence-electron chi connectivity index (χ1n) is 9.53. The van der Waals surface area contributed by atoms with Crippen LogP contribution in [0.3, 0.4) is 0 Å². The van der Waals surface area contributed by atoms with Gasteiger partial charge in [0.1, 0.15) is 0 Å². The van der Waals surface area contributed by atoms with Crippen molar-refractivity contribution in [3.8, 4) is 0 Å². The molecule has 0 saturated carbocycles. The van der Waals surface area contributed by atoms with Crippen molar-refractivity contribution in [1.29, 1.82) is 0 Å². The number of thioether (sulfide) groups is 1. The summed E-state index contributed by atoms with van der Waals surface area (Å²) in [5.74, 6) is 0.938. The Kier molecular flexibility index (Phi) is 5.76. The molecular formula is C22H23N3O2S. The zero-order valence-corrected chi connectivity index (χ0v) is 16.7. The first kappa shape index (κ1) is 18.7. The fourth-order valence-corrected chi connectivity index (χ4v) is 4.37. The number of amides is 1. The Morgan fingerprint density at radius 1 is 1.14 bits per heavy atom. The molecule has 0 N–H and O–H groups in total. The van der Waals surface area contributed by atoms with E-state index in [4.69, 9.17) is 4.42 Å². The van der Waals surface area contributed by atoms with Crippen LogP contribution in [0.1, 0.15) is 41.5 Å². The Bertz CT molecular complexity index is 942. The van der Waals surface area contributed by atoms with E-state index < -0.39 is 0 Å². The summed E-state index contributed by atoms with van der Waals surface area (Å²) in [6.07, 6.45) is 3.81. The van der Waals surface area contributed by atoms with Crippen molar-refractivity contribution in [2.24, 2.45) is 0 Å². The van der Waals surface area contributed by atoms with Crippen LogP contribution in [0.25, 0.3) is 0 Å². The van der Waals surface area contributed by atoms with Gasteiger partial charge in [0.25, 0.3) is 5.22 Å². The molecule has 28 heavy (non-hydrogen) atoms. The number of hydrogen-bond donors (Lipinski definition) is 0. The van der Waals surface area contributed by atoms with Crippen molar-refractivity contribution in [2.75, 3.05) is 12.8 Å². The van der Waals surface area contributed by atoms with Gasteiger partial charge in [-0.1, -0.05) is 66.4 Å². The number of carbonyl (C=O) groups excluding carboxylic acids is 1. The minimum Gasteiger partial charge on any atom is -0.416 e. The van der Waals surface area contributed by atoms with Crippen molar-refractivity contribution in [1.82, 2.24) is 15.1 Å². The second kappa shape index (κ2) is 8.61. The largest absolute Gasteiger partial charge is 0.416 e. The fourth-order valence-electron chi connectivity index (χ4n) is 3.67. The SMILES string of the molecule is CN(C(=O)CSc1nnc(Cc2ccccc2)o1)[C@@H]1CCCc2ccccc21. The summed E-state index contributed by atoms with van der Waals surface area (Å²) in [5.41, 5.74) is 3.75. The standard InChI is InChI=1S/C22H23N3O2S/c1-25(19-13-7-11-17-10-5-6-12-18(17)19)21(26)15-28-22-24-23-20(27-22)14-16-8-3-2-4-9-16/h2-6,8-10,12,19H,7,11,13-15H2,1H3/t19-/m1/s1. The van der Waals surface area contributed by atoms with Gasteiger partial charge in [0, 0.05) is 7.05 Å². The van der Waals surface area contributed by atoms with Gasteiger partial charge in [-0.3, -0.25) is 4.79 Å². The molecule has 4 rings (SSSR count). The number of aromatic nitrogens is 2. The molecule has 0 bridgehead atoms. The molecule has 6 heteroatoms. The van der Waals surface area contributed by atoms with Crippen LogP contribution in [-0.4, -0.2) is 33.8 Å². The van der Waals surface area contributed by atoms with Gasteiger partial charge in [-0.25, -0.2) is 0 Å². The van der Waals surface area contributed by atoms with Crippen molar-refractivity contribution < 1.29 is 9.21 Å². The predicted octanol–water partition coefficient (Wildman–Crippen LogP) is 4.29. The first-order valence-corrected chi connectivity index (χ1v) is 10.5. The summed E-state index contributed by atoms with van der Waals surface area (Å²) in [6.45, 7) is 0. The summed E-state index contributed by atoms with van der Waals surface area (Å²) < 4.78 is 5.69. The van der Waals surface area contributed by atoms with E-state index >= 15 is 0 Å². The Hall–Kier alpha value is -2.60. The maximum absolute atomic E-state index is 12.7. The number of hydrogen-bond acceptors (Lipinski definition) is 5. The van der Waals surface area contributed by atoms with Crippen LogP contribution in [0.5, 0.6) is 0 Å². The number of fused-ring (bicyclic) bond motifs is 1. The van der Waals surface area contributed by atoms with Gasteiger partial charge < -0.3 is 9.32 Å². The van der Waals surface area contributed by atoms with Crippen molar-refractivity contribution in [2.45, 2.75) is 36.9 Å². The van der Waals surface area contributed by atoms with Gasteiger partial charge in [0.2, 0.25) is 11.8 Å². The van der Waals surface area contributed by atoms with Crippen LogP contribution < -0.4 is 0 Å². The zero-order chi connectivity index (χ0) is 19.3. The van der Waals surface area contributed by atoms with E-state index in [-0.39, 0.29) is 11.9 Å². The molecule has 0 aliphatic heterocycles. The highest BCUT2D eigenvalue weighted by molar-refractivity contribution is 7.99. The molecule has 1 amide bonds. The van der Waals surface area contributed by atoms with Gasteiger partial charge in [0.05, 0.1) is 18.2 Å². The van der Waals surface area contributed by atoms with Crippen LogP contribution in [0, 0.1) is 0 Å². The molecule has 144 valence electrons. The van der Waals surface area contributed by atoms with E-state index in [0.29, 0.717) is 23.3 Å². The topological polar surface area (TPSA) is 59.2 Å². The maximum Gasteiger partial charge on any atom is 0.277 e. The molecule has 0 fully saturated rings. The normalized spacial score (nSPS) is 15.8. The number of nitrogens with zero attached hydrogens (tertiary/aromatic N) is 3. The van der Waals surface area contributed by atoms with Crippen LogP contribution >= 0.6 is 11.8 Å². The number of aryl methyl sites for hydroxylation is 1. The molecule has 1 aliphatic carbocycles. The smallest absolute Gasteiger partial charge is 0.277 e. The van der Waals surface area contributed by atoms with Crippen molar-refractivity contribution in [3.05, 3.63) is 77.2 Å². The summed E-state index contributed by atoms with van der Waals surface area (Å²) in [4.78, 5) is 14.6. The molecule has 2 aromatic carbocycles. The van der Waals surface area contributed by atoms with E-state index in [1.54, 1.807) is 0 Å². The highest BCUT2D eigenvalue weighted by Crippen LogP contribution is 2.34. The Morgan fingerprint density at radius 3 is 2.79 bits per heavy atom. The quantitative estimate of drug-likeness (QED) is 0.585. The highest BCUT2D eigenvalue weighted by atomic mass is 32.2. The number of benzene rings is 2. The molecule has 0 saturated heterocycles. The van der Waals surface area contributed by atoms with Crippen LogP contribution in [0.15, 0.2) is 64.2 Å². The second-order valence-electron chi connectivity index (χ2n) is 7.02. The molecule has 5 nitrogen and oxygen atoms in total. The minimum absolute atomic E-state index is 0.0783. The molecule has 1 aromatic heterocycles. The molecule has 0 radical (unpaired) electrons. The Morgan fingerprint density at radius 2 is 1.93 bits per heavy atom. The Balaban J connectivity index is 1.35. The first-order chi connectivity index (χ1) is 13.7. The number of rotatable bonds is 6. The summed E-state index contributed by atoms with van der Waals surface area (Å²) in [7, 11) is 1.89. The van der Waals surface area contributed by atoms with Crippen LogP contribution in [-0.2, 0) is 17.6 Å². The molecule has 1 aliphatic rings. The monoisotopic (exact) mass is 393 g/mol. The van der Waals surface area contributed by atoms with Gasteiger partial charge in [-0.2, -0.15) is 0 Å². The van der Waals surface area contributed by atoms with Gasteiger partial charge >= 0.3 is 0 Å². The molecule has 0 spiro atoms. The van der Waals surface area contributed by atoms with Crippen LogP contribution in [0.4, 0.5) is 0 Å². The van der Waals surface area contributed by atoms with E-state index in [1.165, 1.54) is 22.9 Å². The molecule has 1 heterocycles. The molecular weight excluding hydrogens is 370 g/mol. The fraction of sp³-hybridized carbons (Fsp3) is 0.318. The second-order valence-corrected chi connectivity index (χ2v) is 7.95. The van der Waals surface area contributed by atoms with Gasteiger partial charge in [-0.15, -0.1) is 10.2 Å². The van der Waals surface area contributed by atoms with Gasteiger partial charge in [-0.05, 0) is 36.0 Å². The lowest BCUT2D eigenvalue weighted by atomic mass is 9.87. The summed E-state index contributed by atoms with van der Waals surface area (Å²) in [5, 5.41) is 8.60.